The summed E-state index contributed by atoms with van der Waals surface area (Å²) in [5.74, 6) is 1.83. The Morgan fingerprint density at radius 1 is 1.38 bits per heavy atom. The molecule has 2 unspecified atom stereocenters. The molecule has 0 aromatic heterocycles. The molecule has 0 spiro atoms. The van der Waals surface area contributed by atoms with Gasteiger partial charge in [0.15, 0.2) is 0 Å². The van der Waals surface area contributed by atoms with E-state index < -0.39 is 0 Å². The summed E-state index contributed by atoms with van der Waals surface area (Å²) in [6, 6.07) is 8.03. The maximum absolute atomic E-state index is 6.17. The fraction of sp³-hybridized carbons (Fsp3) is 0.538. The van der Waals surface area contributed by atoms with Crippen LogP contribution in [0.5, 0.6) is 5.75 Å². The van der Waals surface area contributed by atoms with Gasteiger partial charge in [-0.3, -0.25) is 0 Å². The second-order valence-corrected chi connectivity index (χ2v) is 5.37. The SMILES string of the molecule is CCC(C)SCC(N)c1ccccc1OC. The van der Waals surface area contributed by atoms with Crippen LogP contribution in [-0.4, -0.2) is 18.1 Å². The van der Waals surface area contributed by atoms with Crippen LogP contribution in [0.2, 0.25) is 0 Å². The van der Waals surface area contributed by atoms with Gasteiger partial charge in [-0.05, 0) is 12.5 Å². The molecular weight excluding hydrogens is 218 g/mol. The Balaban J connectivity index is 2.61. The Kier molecular flexibility index (Phi) is 5.71. The van der Waals surface area contributed by atoms with Crippen LogP contribution in [0.4, 0.5) is 0 Å². The second-order valence-electron chi connectivity index (χ2n) is 3.90. The third kappa shape index (κ3) is 3.72. The summed E-state index contributed by atoms with van der Waals surface area (Å²) in [7, 11) is 1.69. The lowest BCUT2D eigenvalue weighted by Crippen LogP contribution is -2.15. The zero-order chi connectivity index (χ0) is 12.0. The van der Waals surface area contributed by atoms with Crippen molar-refractivity contribution in [2.45, 2.75) is 31.6 Å². The molecule has 0 amide bonds. The first-order chi connectivity index (χ1) is 7.69. The molecule has 0 radical (unpaired) electrons. The molecule has 0 heterocycles. The minimum absolute atomic E-state index is 0.0511. The molecular formula is C13H21NOS. The summed E-state index contributed by atoms with van der Waals surface area (Å²) in [6.45, 7) is 4.44. The van der Waals surface area contributed by atoms with Crippen LogP contribution in [0.1, 0.15) is 31.9 Å². The van der Waals surface area contributed by atoms with Crippen LogP contribution >= 0.6 is 11.8 Å². The minimum Gasteiger partial charge on any atom is -0.496 e. The summed E-state index contributed by atoms with van der Waals surface area (Å²) in [5, 5.41) is 0.667. The minimum atomic E-state index is 0.0511. The summed E-state index contributed by atoms with van der Waals surface area (Å²) in [4.78, 5) is 0. The molecule has 0 saturated heterocycles. The molecule has 0 bridgehead atoms. The van der Waals surface area contributed by atoms with Gasteiger partial charge in [0.2, 0.25) is 0 Å². The van der Waals surface area contributed by atoms with E-state index in [9.17, 15) is 0 Å². The van der Waals surface area contributed by atoms with E-state index in [2.05, 4.69) is 13.8 Å². The van der Waals surface area contributed by atoms with Crippen LogP contribution in [-0.2, 0) is 0 Å². The smallest absolute Gasteiger partial charge is 0.123 e. The van der Waals surface area contributed by atoms with Gasteiger partial charge < -0.3 is 10.5 Å². The monoisotopic (exact) mass is 239 g/mol. The van der Waals surface area contributed by atoms with Crippen molar-refractivity contribution in [3.63, 3.8) is 0 Å². The molecule has 0 aliphatic carbocycles. The number of hydrogen-bond donors (Lipinski definition) is 1. The molecule has 3 heteroatoms. The Bertz CT molecular complexity index is 317. The molecule has 0 fully saturated rings. The fourth-order valence-corrected chi connectivity index (χ4v) is 2.40. The first-order valence-corrected chi connectivity index (χ1v) is 6.74. The van der Waals surface area contributed by atoms with E-state index >= 15 is 0 Å². The topological polar surface area (TPSA) is 35.2 Å². The van der Waals surface area contributed by atoms with E-state index in [1.807, 2.05) is 36.0 Å². The Labute approximate surface area is 103 Å². The van der Waals surface area contributed by atoms with E-state index in [1.165, 1.54) is 6.42 Å². The van der Waals surface area contributed by atoms with Crippen molar-refractivity contribution in [2.24, 2.45) is 5.73 Å². The van der Waals surface area contributed by atoms with Gasteiger partial charge in [-0.2, -0.15) is 11.8 Å². The zero-order valence-electron chi connectivity index (χ0n) is 10.3. The molecule has 2 atom stereocenters. The van der Waals surface area contributed by atoms with Crippen molar-refractivity contribution >= 4 is 11.8 Å². The van der Waals surface area contributed by atoms with Crippen LogP contribution < -0.4 is 10.5 Å². The van der Waals surface area contributed by atoms with Gasteiger partial charge in [-0.15, -0.1) is 0 Å². The van der Waals surface area contributed by atoms with E-state index in [0.717, 1.165) is 17.1 Å². The highest BCUT2D eigenvalue weighted by molar-refractivity contribution is 7.99. The summed E-state index contributed by atoms with van der Waals surface area (Å²) in [5.41, 5.74) is 7.27. The zero-order valence-corrected chi connectivity index (χ0v) is 11.1. The first kappa shape index (κ1) is 13.4. The van der Waals surface area contributed by atoms with Gasteiger partial charge in [0.25, 0.3) is 0 Å². The number of para-hydroxylation sites is 1. The molecule has 0 saturated carbocycles. The Morgan fingerprint density at radius 3 is 2.69 bits per heavy atom. The maximum atomic E-state index is 6.17. The summed E-state index contributed by atoms with van der Waals surface area (Å²) < 4.78 is 5.31. The van der Waals surface area contributed by atoms with Crippen molar-refractivity contribution in [1.82, 2.24) is 0 Å². The van der Waals surface area contributed by atoms with Crippen molar-refractivity contribution in [2.75, 3.05) is 12.9 Å². The predicted octanol–water partition coefficient (Wildman–Crippen LogP) is 3.23. The summed E-state index contributed by atoms with van der Waals surface area (Å²) >= 11 is 1.92. The van der Waals surface area contributed by atoms with Crippen LogP contribution in [0, 0.1) is 0 Å². The molecule has 90 valence electrons. The van der Waals surface area contributed by atoms with Gasteiger partial charge in [0.05, 0.1) is 7.11 Å². The van der Waals surface area contributed by atoms with Gasteiger partial charge >= 0.3 is 0 Å². The van der Waals surface area contributed by atoms with Crippen LogP contribution in [0.25, 0.3) is 0 Å². The number of benzene rings is 1. The van der Waals surface area contributed by atoms with E-state index in [-0.39, 0.29) is 6.04 Å². The van der Waals surface area contributed by atoms with Crippen molar-refractivity contribution in [1.29, 1.82) is 0 Å². The van der Waals surface area contributed by atoms with E-state index in [0.29, 0.717) is 5.25 Å². The maximum Gasteiger partial charge on any atom is 0.123 e. The van der Waals surface area contributed by atoms with Gasteiger partial charge in [-0.1, -0.05) is 32.0 Å². The van der Waals surface area contributed by atoms with Gasteiger partial charge in [-0.25, -0.2) is 0 Å². The highest BCUT2D eigenvalue weighted by Gasteiger charge is 2.12. The average Bonchev–Trinajstić information content (AvgIpc) is 2.35. The number of rotatable bonds is 6. The summed E-state index contributed by atoms with van der Waals surface area (Å²) in [6.07, 6.45) is 1.18. The normalized spacial score (nSPS) is 14.5. The molecule has 1 aromatic carbocycles. The van der Waals surface area contributed by atoms with Crippen molar-refractivity contribution in [3.05, 3.63) is 29.8 Å². The molecule has 1 aromatic rings. The third-order valence-electron chi connectivity index (χ3n) is 2.67. The third-order valence-corrected chi connectivity index (χ3v) is 4.13. The highest BCUT2D eigenvalue weighted by Crippen LogP contribution is 2.27. The standard InChI is InChI=1S/C13H21NOS/c1-4-10(2)16-9-12(14)11-7-5-6-8-13(11)15-3/h5-8,10,12H,4,9,14H2,1-3H3. The van der Waals surface area contributed by atoms with Crippen molar-refractivity contribution < 1.29 is 4.74 Å². The van der Waals surface area contributed by atoms with E-state index in [4.69, 9.17) is 10.5 Å². The van der Waals surface area contributed by atoms with Crippen LogP contribution in [0.15, 0.2) is 24.3 Å². The number of methoxy groups -OCH3 is 1. The second kappa shape index (κ2) is 6.81. The molecule has 1 rings (SSSR count). The molecule has 0 aliphatic rings. The first-order valence-electron chi connectivity index (χ1n) is 5.69. The lowest BCUT2D eigenvalue weighted by Gasteiger charge is -2.17. The largest absolute Gasteiger partial charge is 0.496 e. The Morgan fingerprint density at radius 2 is 2.06 bits per heavy atom. The fourth-order valence-electron chi connectivity index (χ4n) is 1.45. The number of nitrogens with two attached hydrogens (primary N) is 1. The number of ether oxygens (including phenoxy) is 1. The predicted molar refractivity (Wildman–Crippen MR) is 72.1 cm³/mol. The van der Waals surface area contributed by atoms with Gasteiger partial charge in [0.1, 0.15) is 5.75 Å². The number of hydrogen-bond acceptors (Lipinski definition) is 3. The lowest BCUT2D eigenvalue weighted by molar-refractivity contribution is 0.407. The Hall–Kier alpha value is -0.670. The average molecular weight is 239 g/mol. The number of thioether (sulfide) groups is 1. The quantitative estimate of drug-likeness (QED) is 0.828. The highest BCUT2D eigenvalue weighted by atomic mass is 32.2. The lowest BCUT2D eigenvalue weighted by atomic mass is 10.1. The van der Waals surface area contributed by atoms with Gasteiger partial charge in [0, 0.05) is 22.6 Å². The van der Waals surface area contributed by atoms with Crippen LogP contribution in [0.3, 0.4) is 0 Å². The molecule has 2 nitrogen and oxygen atoms in total. The van der Waals surface area contributed by atoms with E-state index in [1.54, 1.807) is 7.11 Å². The van der Waals surface area contributed by atoms with Crippen molar-refractivity contribution in [3.8, 4) is 5.75 Å². The molecule has 2 N–H and O–H groups in total. The molecule has 0 aliphatic heterocycles. The molecule has 16 heavy (non-hydrogen) atoms.